The van der Waals surface area contributed by atoms with Crippen LogP contribution >= 0.6 is 0 Å². The Kier molecular flexibility index (Phi) is 4.56. The van der Waals surface area contributed by atoms with Crippen LogP contribution in [-0.2, 0) is 0 Å². The van der Waals surface area contributed by atoms with E-state index in [9.17, 15) is 0 Å². The van der Waals surface area contributed by atoms with E-state index in [0.717, 1.165) is 28.4 Å². The molecule has 0 saturated carbocycles. The molecule has 3 rings (SSSR count). The lowest BCUT2D eigenvalue weighted by Gasteiger charge is -2.07. The molecular formula is C20H16N2O. The van der Waals surface area contributed by atoms with Crippen LogP contribution in [0.15, 0.2) is 72.9 Å². The summed E-state index contributed by atoms with van der Waals surface area (Å²) in [5, 5.41) is 3.35. The molecule has 0 amide bonds. The summed E-state index contributed by atoms with van der Waals surface area (Å²) in [5.41, 5.74) is 3.69. The zero-order valence-corrected chi connectivity index (χ0v) is 12.8. The summed E-state index contributed by atoms with van der Waals surface area (Å²) in [6.07, 6.45) is 1.74. The molecule has 0 saturated heterocycles. The largest absolute Gasteiger partial charge is 0.497 e. The molecule has 1 N–H and O–H groups in total. The summed E-state index contributed by atoms with van der Waals surface area (Å²) in [4.78, 5) is 4.20. The predicted octanol–water partition coefficient (Wildman–Crippen LogP) is 4.23. The van der Waals surface area contributed by atoms with Gasteiger partial charge >= 0.3 is 0 Å². The summed E-state index contributed by atoms with van der Waals surface area (Å²) in [6, 6.07) is 21.5. The Morgan fingerprint density at radius 1 is 0.870 bits per heavy atom. The molecule has 0 atom stereocenters. The van der Waals surface area contributed by atoms with Gasteiger partial charge in [-0.15, -0.1) is 0 Å². The van der Waals surface area contributed by atoms with Gasteiger partial charge in [0, 0.05) is 23.1 Å². The molecule has 0 radical (unpaired) electrons. The molecule has 0 spiro atoms. The Balaban J connectivity index is 1.76. The Bertz CT molecular complexity index is 831. The molecule has 3 aromatic rings. The highest BCUT2D eigenvalue weighted by atomic mass is 16.5. The van der Waals surface area contributed by atoms with Gasteiger partial charge in [0.15, 0.2) is 0 Å². The molecule has 0 aliphatic heterocycles. The first-order valence-corrected chi connectivity index (χ1v) is 7.28. The fraction of sp³-hybridized carbons (Fsp3) is 0.0500. The van der Waals surface area contributed by atoms with E-state index in [-0.39, 0.29) is 0 Å². The highest BCUT2D eigenvalue weighted by molar-refractivity contribution is 5.62. The fourth-order valence-electron chi connectivity index (χ4n) is 2.09. The topological polar surface area (TPSA) is 34.1 Å². The van der Waals surface area contributed by atoms with Crippen LogP contribution in [0.1, 0.15) is 11.3 Å². The molecule has 0 bridgehead atoms. The molecule has 1 aromatic heterocycles. The minimum absolute atomic E-state index is 0.765. The number of nitrogens with zero attached hydrogens (tertiary/aromatic N) is 1. The van der Waals surface area contributed by atoms with E-state index in [1.807, 2.05) is 66.7 Å². The van der Waals surface area contributed by atoms with Crippen LogP contribution in [0.5, 0.6) is 5.75 Å². The lowest BCUT2D eigenvalue weighted by atomic mass is 10.2. The second-order valence-electron chi connectivity index (χ2n) is 4.90. The Morgan fingerprint density at radius 2 is 1.74 bits per heavy atom. The molecule has 23 heavy (non-hydrogen) atoms. The number of benzene rings is 2. The summed E-state index contributed by atoms with van der Waals surface area (Å²) < 4.78 is 5.16. The van der Waals surface area contributed by atoms with Gasteiger partial charge in [0.1, 0.15) is 11.4 Å². The predicted molar refractivity (Wildman–Crippen MR) is 92.9 cm³/mol. The van der Waals surface area contributed by atoms with Crippen LogP contribution in [-0.4, -0.2) is 12.1 Å². The second-order valence-corrected chi connectivity index (χ2v) is 4.90. The Hall–Kier alpha value is -3.25. The first-order valence-electron chi connectivity index (χ1n) is 7.28. The van der Waals surface area contributed by atoms with Crippen molar-refractivity contribution in [1.82, 2.24) is 4.98 Å². The Morgan fingerprint density at radius 3 is 2.48 bits per heavy atom. The summed E-state index contributed by atoms with van der Waals surface area (Å²) >= 11 is 0. The van der Waals surface area contributed by atoms with Crippen LogP contribution in [0, 0.1) is 11.8 Å². The van der Waals surface area contributed by atoms with Gasteiger partial charge in [0.05, 0.1) is 7.11 Å². The third kappa shape index (κ3) is 4.12. The maximum atomic E-state index is 5.16. The highest BCUT2D eigenvalue weighted by Crippen LogP contribution is 2.20. The van der Waals surface area contributed by atoms with Gasteiger partial charge in [-0.2, -0.15) is 0 Å². The van der Waals surface area contributed by atoms with Crippen molar-refractivity contribution in [3.63, 3.8) is 0 Å². The van der Waals surface area contributed by atoms with Gasteiger partial charge in [-0.05, 0) is 60.5 Å². The van der Waals surface area contributed by atoms with Crippen molar-refractivity contribution in [3.8, 4) is 17.6 Å². The molecule has 1 heterocycles. The van der Waals surface area contributed by atoms with Crippen LogP contribution < -0.4 is 10.1 Å². The van der Waals surface area contributed by atoms with E-state index in [1.54, 1.807) is 13.3 Å². The van der Waals surface area contributed by atoms with Crippen molar-refractivity contribution >= 4 is 11.4 Å². The third-order valence-electron chi connectivity index (χ3n) is 3.24. The average molecular weight is 300 g/mol. The number of ether oxygens (including phenoxy) is 1. The van der Waals surface area contributed by atoms with E-state index in [4.69, 9.17) is 4.74 Å². The smallest absolute Gasteiger partial charge is 0.119 e. The van der Waals surface area contributed by atoms with E-state index < -0.39 is 0 Å². The van der Waals surface area contributed by atoms with Crippen LogP contribution in [0.3, 0.4) is 0 Å². The number of pyridine rings is 1. The fourth-order valence-corrected chi connectivity index (χ4v) is 2.09. The van der Waals surface area contributed by atoms with E-state index >= 15 is 0 Å². The van der Waals surface area contributed by atoms with Crippen molar-refractivity contribution < 1.29 is 4.74 Å². The SMILES string of the molecule is COc1ccc(Nc2cccc(C#Cc3ccccn3)c2)cc1. The number of rotatable bonds is 3. The number of anilines is 2. The van der Waals surface area contributed by atoms with Crippen LogP contribution in [0.2, 0.25) is 0 Å². The maximum absolute atomic E-state index is 5.16. The third-order valence-corrected chi connectivity index (χ3v) is 3.24. The average Bonchev–Trinajstić information content (AvgIpc) is 2.62. The minimum atomic E-state index is 0.765. The summed E-state index contributed by atoms with van der Waals surface area (Å²) in [7, 11) is 1.66. The first-order chi connectivity index (χ1) is 11.3. The van der Waals surface area contributed by atoms with Gasteiger partial charge < -0.3 is 10.1 Å². The minimum Gasteiger partial charge on any atom is -0.497 e. The monoisotopic (exact) mass is 300 g/mol. The quantitative estimate of drug-likeness (QED) is 0.735. The van der Waals surface area contributed by atoms with Crippen molar-refractivity contribution in [2.75, 3.05) is 12.4 Å². The first kappa shape index (κ1) is 14.7. The molecule has 0 aliphatic carbocycles. The van der Waals surface area contributed by atoms with E-state index in [0.29, 0.717) is 0 Å². The van der Waals surface area contributed by atoms with E-state index in [1.165, 1.54) is 0 Å². The lowest BCUT2D eigenvalue weighted by molar-refractivity contribution is 0.415. The van der Waals surface area contributed by atoms with Crippen molar-refractivity contribution in [1.29, 1.82) is 0 Å². The van der Waals surface area contributed by atoms with Crippen molar-refractivity contribution in [3.05, 3.63) is 84.2 Å². The summed E-state index contributed by atoms with van der Waals surface area (Å²) in [6.45, 7) is 0. The van der Waals surface area contributed by atoms with Crippen molar-refractivity contribution in [2.24, 2.45) is 0 Å². The lowest BCUT2D eigenvalue weighted by Crippen LogP contribution is -1.91. The zero-order chi connectivity index (χ0) is 15.9. The van der Waals surface area contributed by atoms with E-state index in [2.05, 4.69) is 22.1 Å². The van der Waals surface area contributed by atoms with Gasteiger partial charge in [-0.3, -0.25) is 0 Å². The van der Waals surface area contributed by atoms with Gasteiger partial charge in [0.25, 0.3) is 0 Å². The molecule has 0 aliphatic rings. The standard InChI is InChI=1S/C20H16N2O/c1-23-20-12-10-18(11-13-20)22-19-7-4-5-16(15-19)8-9-17-6-2-3-14-21-17/h2-7,10-15,22H,1H3. The number of aromatic nitrogens is 1. The zero-order valence-electron chi connectivity index (χ0n) is 12.8. The van der Waals surface area contributed by atoms with Gasteiger partial charge in [0.2, 0.25) is 0 Å². The molecule has 2 aromatic carbocycles. The van der Waals surface area contributed by atoms with Crippen LogP contribution in [0.25, 0.3) is 0 Å². The van der Waals surface area contributed by atoms with Gasteiger partial charge in [-0.1, -0.05) is 18.1 Å². The number of nitrogens with one attached hydrogen (secondary N) is 1. The normalized spacial score (nSPS) is 9.61. The number of methoxy groups -OCH3 is 1. The molecule has 0 fully saturated rings. The summed E-state index contributed by atoms with van der Waals surface area (Å²) in [5.74, 6) is 7.03. The molecule has 0 unspecified atom stereocenters. The Labute approximate surface area is 136 Å². The van der Waals surface area contributed by atoms with Crippen LogP contribution in [0.4, 0.5) is 11.4 Å². The highest BCUT2D eigenvalue weighted by Gasteiger charge is 1.97. The number of hydrogen-bond donors (Lipinski definition) is 1. The van der Waals surface area contributed by atoms with Crippen molar-refractivity contribution in [2.45, 2.75) is 0 Å². The molecular weight excluding hydrogens is 284 g/mol. The maximum Gasteiger partial charge on any atom is 0.119 e. The molecule has 112 valence electrons. The molecule has 3 heteroatoms. The molecule has 3 nitrogen and oxygen atoms in total. The number of hydrogen-bond acceptors (Lipinski definition) is 3. The van der Waals surface area contributed by atoms with Gasteiger partial charge in [-0.25, -0.2) is 4.98 Å². The second kappa shape index (κ2) is 7.15.